The number of ether oxygens (including phenoxy) is 1. The van der Waals surface area contributed by atoms with Crippen LogP contribution in [0.2, 0.25) is 0 Å². The largest absolute Gasteiger partial charge is 0.490 e. The minimum absolute atomic E-state index is 0.248. The van der Waals surface area contributed by atoms with E-state index in [0.29, 0.717) is 6.10 Å². The number of aliphatic hydroxyl groups is 1. The molecular formula is C13H18O2. The molecule has 1 fully saturated rings. The maximum absolute atomic E-state index is 8.82. The summed E-state index contributed by atoms with van der Waals surface area (Å²) in [5, 5.41) is 8.82. The van der Waals surface area contributed by atoms with Crippen molar-refractivity contribution in [2.24, 2.45) is 0 Å². The molecule has 1 N–H and O–H groups in total. The maximum atomic E-state index is 8.82. The molecule has 0 heterocycles. The molecule has 2 rings (SSSR count). The molecule has 0 radical (unpaired) electrons. The predicted molar refractivity (Wildman–Crippen MR) is 60.1 cm³/mol. The highest BCUT2D eigenvalue weighted by atomic mass is 16.5. The van der Waals surface area contributed by atoms with Gasteiger partial charge in [0.05, 0.1) is 6.10 Å². The van der Waals surface area contributed by atoms with Crippen molar-refractivity contribution in [2.45, 2.75) is 38.2 Å². The number of benzene rings is 1. The molecule has 1 aliphatic carbocycles. The number of aliphatic hydroxyl groups excluding tert-OH is 1. The van der Waals surface area contributed by atoms with Gasteiger partial charge in [-0.3, -0.25) is 0 Å². The number of rotatable bonds is 5. The van der Waals surface area contributed by atoms with Crippen molar-refractivity contribution in [3.05, 3.63) is 29.8 Å². The van der Waals surface area contributed by atoms with Crippen LogP contribution in [0.5, 0.6) is 5.75 Å². The summed E-state index contributed by atoms with van der Waals surface area (Å²) in [6.07, 6.45) is 5.82. The molecule has 2 heteroatoms. The van der Waals surface area contributed by atoms with Crippen molar-refractivity contribution in [3.8, 4) is 5.75 Å². The molecule has 0 bridgehead atoms. The SMILES string of the molecule is OCCCc1ccccc1OC1CCC1. The highest BCUT2D eigenvalue weighted by Crippen LogP contribution is 2.27. The van der Waals surface area contributed by atoms with Crippen molar-refractivity contribution in [1.82, 2.24) is 0 Å². The van der Waals surface area contributed by atoms with Crippen LogP contribution in [0.15, 0.2) is 24.3 Å². The lowest BCUT2D eigenvalue weighted by molar-refractivity contribution is 0.119. The summed E-state index contributed by atoms with van der Waals surface area (Å²) in [4.78, 5) is 0. The second kappa shape index (κ2) is 5.17. The van der Waals surface area contributed by atoms with E-state index in [1.165, 1.54) is 24.8 Å². The smallest absolute Gasteiger partial charge is 0.122 e. The van der Waals surface area contributed by atoms with Crippen molar-refractivity contribution >= 4 is 0 Å². The van der Waals surface area contributed by atoms with Gasteiger partial charge in [0.2, 0.25) is 0 Å². The van der Waals surface area contributed by atoms with Gasteiger partial charge in [-0.05, 0) is 43.7 Å². The van der Waals surface area contributed by atoms with Gasteiger partial charge in [0.1, 0.15) is 5.75 Å². The van der Waals surface area contributed by atoms with Crippen LogP contribution in [0.3, 0.4) is 0 Å². The van der Waals surface area contributed by atoms with E-state index in [4.69, 9.17) is 9.84 Å². The molecule has 0 atom stereocenters. The van der Waals surface area contributed by atoms with Gasteiger partial charge in [-0.25, -0.2) is 0 Å². The molecule has 1 saturated carbocycles. The van der Waals surface area contributed by atoms with E-state index in [0.717, 1.165) is 18.6 Å². The minimum atomic E-state index is 0.248. The fourth-order valence-electron chi connectivity index (χ4n) is 1.76. The third kappa shape index (κ3) is 2.72. The Labute approximate surface area is 90.9 Å². The lowest BCUT2D eigenvalue weighted by Gasteiger charge is -2.27. The summed E-state index contributed by atoms with van der Waals surface area (Å²) in [6, 6.07) is 8.16. The Morgan fingerprint density at radius 2 is 2.07 bits per heavy atom. The molecular weight excluding hydrogens is 188 g/mol. The molecule has 0 aromatic heterocycles. The van der Waals surface area contributed by atoms with Crippen LogP contribution in [0.1, 0.15) is 31.2 Å². The molecule has 1 aromatic carbocycles. The van der Waals surface area contributed by atoms with Gasteiger partial charge < -0.3 is 9.84 Å². The van der Waals surface area contributed by atoms with Gasteiger partial charge in [0, 0.05) is 6.61 Å². The molecule has 1 aliphatic rings. The summed E-state index contributed by atoms with van der Waals surface area (Å²) >= 11 is 0. The van der Waals surface area contributed by atoms with Crippen LogP contribution in [0, 0.1) is 0 Å². The first-order valence-electron chi connectivity index (χ1n) is 5.75. The van der Waals surface area contributed by atoms with Crippen LogP contribution >= 0.6 is 0 Å². The van der Waals surface area contributed by atoms with E-state index < -0.39 is 0 Å². The average Bonchev–Trinajstić information content (AvgIpc) is 2.22. The zero-order valence-electron chi connectivity index (χ0n) is 8.98. The van der Waals surface area contributed by atoms with E-state index >= 15 is 0 Å². The summed E-state index contributed by atoms with van der Waals surface area (Å²) in [7, 11) is 0. The normalized spacial score (nSPS) is 16.1. The van der Waals surface area contributed by atoms with Gasteiger partial charge in [0.15, 0.2) is 0 Å². The van der Waals surface area contributed by atoms with E-state index in [-0.39, 0.29) is 6.61 Å². The van der Waals surface area contributed by atoms with Gasteiger partial charge in [-0.15, -0.1) is 0 Å². The lowest BCUT2D eigenvalue weighted by Crippen LogP contribution is -2.25. The maximum Gasteiger partial charge on any atom is 0.122 e. The van der Waals surface area contributed by atoms with Crippen molar-refractivity contribution < 1.29 is 9.84 Å². The van der Waals surface area contributed by atoms with Gasteiger partial charge in [-0.1, -0.05) is 18.2 Å². The van der Waals surface area contributed by atoms with E-state index in [9.17, 15) is 0 Å². The van der Waals surface area contributed by atoms with Crippen LogP contribution in [-0.2, 0) is 6.42 Å². The first-order valence-corrected chi connectivity index (χ1v) is 5.75. The van der Waals surface area contributed by atoms with Crippen LogP contribution in [-0.4, -0.2) is 17.8 Å². The number of para-hydroxylation sites is 1. The Hall–Kier alpha value is -1.02. The van der Waals surface area contributed by atoms with Crippen molar-refractivity contribution in [2.75, 3.05) is 6.61 Å². The Morgan fingerprint density at radius 1 is 1.27 bits per heavy atom. The first kappa shape index (κ1) is 10.5. The van der Waals surface area contributed by atoms with Crippen LogP contribution < -0.4 is 4.74 Å². The third-order valence-electron chi connectivity index (χ3n) is 2.92. The number of aryl methyl sites for hydroxylation is 1. The summed E-state index contributed by atoms with van der Waals surface area (Å²) in [5.74, 6) is 1.01. The summed E-state index contributed by atoms with van der Waals surface area (Å²) in [5.41, 5.74) is 1.22. The summed E-state index contributed by atoms with van der Waals surface area (Å²) < 4.78 is 5.90. The van der Waals surface area contributed by atoms with Gasteiger partial charge in [0.25, 0.3) is 0 Å². The molecule has 0 unspecified atom stereocenters. The Balaban J connectivity index is 1.99. The molecule has 0 spiro atoms. The van der Waals surface area contributed by atoms with Crippen LogP contribution in [0.25, 0.3) is 0 Å². The topological polar surface area (TPSA) is 29.5 Å². The molecule has 15 heavy (non-hydrogen) atoms. The standard InChI is InChI=1S/C13H18O2/c14-10-4-6-11-5-1-2-9-13(11)15-12-7-3-8-12/h1-2,5,9,12,14H,3-4,6-8,10H2. The molecule has 0 saturated heterocycles. The summed E-state index contributed by atoms with van der Waals surface area (Å²) in [6.45, 7) is 0.248. The Kier molecular flexibility index (Phi) is 3.62. The number of hydrogen-bond donors (Lipinski definition) is 1. The first-order chi connectivity index (χ1) is 7.40. The zero-order valence-corrected chi connectivity index (χ0v) is 8.98. The van der Waals surface area contributed by atoms with E-state index in [1.54, 1.807) is 0 Å². The average molecular weight is 206 g/mol. The fourth-order valence-corrected chi connectivity index (χ4v) is 1.76. The second-order valence-electron chi connectivity index (χ2n) is 4.11. The van der Waals surface area contributed by atoms with E-state index in [2.05, 4.69) is 6.07 Å². The molecule has 1 aromatic rings. The van der Waals surface area contributed by atoms with Crippen molar-refractivity contribution in [1.29, 1.82) is 0 Å². The Bertz CT molecular complexity index is 305. The van der Waals surface area contributed by atoms with Gasteiger partial charge >= 0.3 is 0 Å². The molecule has 0 aliphatic heterocycles. The minimum Gasteiger partial charge on any atom is -0.490 e. The highest BCUT2D eigenvalue weighted by molar-refractivity contribution is 5.33. The molecule has 82 valence electrons. The number of hydrogen-bond acceptors (Lipinski definition) is 2. The highest BCUT2D eigenvalue weighted by Gasteiger charge is 2.19. The lowest BCUT2D eigenvalue weighted by atomic mass is 9.96. The van der Waals surface area contributed by atoms with Gasteiger partial charge in [-0.2, -0.15) is 0 Å². The van der Waals surface area contributed by atoms with E-state index in [1.807, 2.05) is 18.2 Å². The fraction of sp³-hybridized carbons (Fsp3) is 0.538. The quantitative estimate of drug-likeness (QED) is 0.802. The van der Waals surface area contributed by atoms with Crippen LogP contribution in [0.4, 0.5) is 0 Å². The zero-order chi connectivity index (χ0) is 10.5. The molecule has 0 amide bonds. The monoisotopic (exact) mass is 206 g/mol. The Morgan fingerprint density at radius 3 is 2.73 bits per heavy atom. The predicted octanol–water partition coefficient (Wildman–Crippen LogP) is 2.54. The molecule has 2 nitrogen and oxygen atoms in total. The van der Waals surface area contributed by atoms with Crippen molar-refractivity contribution in [3.63, 3.8) is 0 Å². The second-order valence-corrected chi connectivity index (χ2v) is 4.11. The third-order valence-corrected chi connectivity index (χ3v) is 2.92.